The quantitative estimate of drug-likeness (QED) is 0.841. The molecule has 0 spiro atoms. The minimum absolute atomic E-state index is 0.0662. The van der Waals surface area contributed by atoms with Gasteiger partial charge < -0.3 is 5.32 Å². The Kier molecular flexibility index (Phi) is 5.71. The zero-order valence-electron chi connectivity index (χ0n) is 12.4. The fraction of sp³-hybridized carbons (Fsp3) is 0.500. The second kappa shape index (κ2) is 6.85. The highest BCUT2D eigenvalue weighted by Crippen LogP contribution is 2.15. The Morgan fingerprint density at radius 2 is 2.00 bits per heavy atom. The number of sulfonamides is 1. The van der Waals surface area contributed by atoms with E-state index in [9.17, 15) is 13.2 Å². The molecule has 0 aliphatic heterocycles. The van der Waals surface area contributed by atoms with Gasteiger partial charge in [0, 0.05) is 11.6 Å². The maximum absolute atomic E-state index is 12.2. The molecule has 0 fully saturated rings. The van der Waals surface area contributed by atoms with Crippen molar-refractivity contribution in [2.45, 2.75) is 44.6 Å². The Balaban J connectivity index is 3.06. The topological polar surface area (TPSA) is 75.3 Å². The number of carbonyl (C=O) groups excluding carboxylic acids is 1. The number of hydrogen-bond acceptors (Lipinski definition) is 3. The van der Waals surface area contributed by atoms with Gasteiger partial charge in [-0.05, 0) is 45.0 Å². The highest BCUT2D eigenvalue weighted by molar-refractivity contribution is 7.89. The van der Waals surface area contributed by atoms with Gasteiger partial charge in [-0.1, -0.05) is 19.4 Å². The Hall–Kier alpha value is -1.40. The molecule has 6 heteroatoms. The summed E-state index contributed by atoms with van der Waals surface area (Å²) in [6, 6.07) is 4.61. The van der Waals surface area contributed by atoms with Crippen molar-refractivity contribution in [3.63, 3.8) is 0 Å². The van der Waals surface area contributed by atoms with Crippen LogP contribution in [0.4, 0.5) is 0 Å². The van der Waals surface area contributed by atoms with Crippen LogP contribution in [0.25, 0.3) is 0 Å². The molecule has 0 saturated heterocycles. The molecule has 1 amide bonds. The lowest BCUT2D eigenvalue weighted by Crippen LogP contribution is -2.33. The van der Waals surface area contributed by atoms with Crippen molar-refractivity contribution in [2.75, 3.05) is 7.05 Å². The molecule has 5 nitrogen and oxygen atoms in total. The largest absolute Gasteiger partial charge is 0.350 e. The van der Waals surface area contributed by atoms with Gasteiger partial charge in [0.25, 0.3) is 5.91 Å². The number of hydrogen-bond donors (Lipinski definition) is 2. The van der Waals surface area contributed by atoms with E-state index in [0.29, 0.717) is 5.56 Å². The Labute approximate surface area is 120 Å². The van der Waals surface area contributed by atoms with Crippen molar-refractivity contribution >= 4 is 15.9 Å². The van der Waals surface area contributed by atoms with Crippen LogP contribution in [0.5, 0.6) is 0 Å². The first kappa shape index (κ1) is 16.7. The van der Waals surface area contributed by atoms with Gasteiger partial charge in [-0.3, -0.25) is 4.79 Å². The standard InChI is InChI=1S/C14H22N2O3S/c1-5-6-11(3)16-14(17)13-9-12(8-7-10(13)2)20(18,19)15-4/h7-9,11,15H,5-6H2,1-4H3,(H,16,17)/t11-/m0/s1. The Morgan fingerprint density at radius 1 is 1.35 bits per heavy atom. The number of nitrogens with one attached hydrogen (secondary N) is 2. The van der Waals surface area contributed by atoms with E-state index in [1.54, 1.807) is 13.0 Å². The molecule has 1 aromatic carbocycles. The normalized spacial score (nSPS) is 13.0. The summed E-state index contributed by atoms with van der Waals surface area (Å²) in [6.45, 7) is 5.77. The van der Waals surface area contributed by atoms with Crippen LogP contribution in [0.15, 0.2) is 23.1 Å². The Morgan fingerprint density at radius 3 is 2.55 bits per heavy atom. The molecular weight excluding hydrogens is 276 g/mol. The van der Waals surface area contributed by atoms with Crippen LogP contribution in [0.2, 0.25) is 0 Å². The van der Waals surface area contributed by atoms with Crippen molar-refractivity contribution in [1.29, 1.82) is 0 Å². The van der Waals surface area contributed by atoms with Gasteiger partial charge in [0.2, 0.25) is 10.0 Å². The molecule has 0 heterocycles. The number of carbonyl (C=O) groups is 1. The third kappa shape index (κ3) is 4.05. The van der Waals surface area contributed by atoms with Crippen molar-refractivity contribution in [3.05, 3.63) is 29.3 Å². The average Bonchev–Trinajstić information content (AvgIpc) is 2.39. The van der Waals surface area contributed by atoms with Gasteiger partial charge in [-0.25, -0.2) is 13.1 Å². The number of aryl methyl sites for hydroxylation is 1. The second-order valence-corrected chi connectivity index (χ2v) is 6.73. The lowest BCUT2D eigenvalue weighted by atomic mass is 10.1. The van der Waals surface area contributed by atoms with Gasteiger partial charge in [0.05, 0.1) is 4.90 Å². The third-order valence-electron chi connectivity index (χ3n) is 3.13. The zero-order chi connectivity index (χ0) is 15.3. The molecule has 1 atom stereocenters. The van der Waals surface area contributed by atoms with Gasteiger partial charge in [0.15, 0.2) is 0 Å². The summed E-state index contributed by atoms with van der Waals surface area (Å²) in [4.78, 5) is 12.3. The highest BCUT2D eigenvalue weighted by Gasteiger charge is 2.17. The molecule has 0 radical (unpaired) electrons. The molecule has 0 aliphatic carbocycles. The summed E-state index contributed by atoms with van der Waals surface area (Å²) in [6.07, 6.45) is 1.87. The van der Waals surface area contributed by atoms with Gasteiger partial charge in [-0.15, -0.1) is 0 Å². The molecule has 0 saturated carbocycles. The lowest BCUT2D eigenvalue weighted by Gasteiger charge is -2.14. The molecule has 0 unspecified atom stereocenters. The lowest BCUT2D eigenvalue weighted by molar-refractivity contribution is 0.0937. The summed E-state index contributed by atoms with van der Waals surface area (Å²) < 4.78 is 25.8. The maximum atomic E-state index is 12.2. The smallest absolute Gasteiger partial charge is 0.251 e. The van der Waals surface area contributed by atoms with E-state index in [2.05, 4.69) is 10.0 Å². The van der Waals surface area contributed by atoms with Crippen molar-refractivity contribution in [3.8, 4) is 0 Å². The molecule has 2 N–H and O–H groups in total. The zero-order valence-corrected chi connectivity index (χ0v) is 13.2. The molecule has 112 valence electrons. The van der Waals surface area contributed by atoms with E-state index in [-0.39, 0.29) is 16.8 Å². The molecule has 1 aromatic rings. The van der Waals surface area contributed by atoms with Gasteiger partial charge in [-0.2, -0.15) is 0 Å². The summed E-state index contributed by atoms with van der Waals surface area (Å²) >= 11 is 0. The van der Waals surface area contributed by atoms with E-state index < -0.39 is 10.0 Å². The van der Waals surface area contributed by atoms with Crippen LogP contribution in [0.3, 0.4) is 0 Å². The van der Waals surface area contributed by atoms with Crippen LogP contribution in [0.1, 0.15) is 42.6 Å². The fourth-order valence-electron chi connectivity index (χ4n) is 1.94. The van der Waals surface area contributed by atoms with Crippen LogP contribution < -0.4 is 10.0 Å². The summed E-state index contributed by atoms with van der Waals surface area (Å²) in [5.74, 6) is -0.239. The molecule has 0 aliphatic rings. The van der Waals surface area contributed by atoms with Crippen LogP contribution in [-0.2, 0) is 10.0 Å². The van der Waals surface area contributed by atoms with Crippen molar-refractivity contribution in [2.24, 2.45) is 0 Å². The molecule has 0 bridgehead atoms. The fourth-order valence-corrected chi connectivity index (χ4v) is 2.69. The highest BCUT2D eigenvalue weighted by atomic mass is 32.2. The van der Waals surface area contributed by atoms with E-state index in [0.717, 1.165) is 18.4 Å². The van der Waals surface area contributed by atoms with Crippen LogP contribution in [-0.4, -0.2) is 27.4 Å². The van der Waals surface area contributed by atoms with E-state index in [1.807, 2.05) is 13.8 Å². The molecule has 0 aromatic heterocycles. The van der Waals surface area contributed by atoms with E-state index in [1.165, 1.54) is 19.2 Å². The van der Waals surface area contributed by atoms with E-state index in [4.69, 9.17) is 0 Å². The van der Waals surface area contributed by atoms with Gasteiger partial charge >= 0.3 is 0 Å². The first-order chi connectivity index (χ1) is 9.31. The minimum atomic E-state index is -3.54. The first-order valence-corrected chi connectivity index (χ1v) is 8.15. The number of amides is 1. The van der Waals surface area contributed by atoms with Crippen LogP contribution in [0, 0.1) is 6.92 Å². The van der Waals surface area contributed by atoms with Crippen molar-refractivity contribution < 1.29 is 13.2 Å². The summed E-state index contributed by atoms with van der Waals surface area (Å²) in [7, 11) is -2.19. The molecular formula is C14H22N2O3S. The predicted octanol–water partition coefficient (Wildman–Crippen LogP) is 1.82. The predicted molar refractivity (Wildman–Crippen MR) is 79.3 cm³/mol. The second-order valence-electron chi connectivity index (χ2n) is 4.85. The maximum Gasteiger partial charge on any atom is 0.251 e. The van der Waals surface area contributed by atoms with Crippen molar-refractivity contribution in [1.82, 2.24) is 10.0 Å². The third-order valence-corrected chi connectivity index (χ3v) is 4.54. The number of rotatable bonds is 6. The first-order valence-electron chi connectivity index (χ1n) is 6.67. The molecule has 20 heavy (non-hydrogen) atoms. The van der Waals surface area contributed by atoms with E-state index >= 15 is 0 Å². The monoisotopic (exact) mass is 298 g/mol. The van der Waals surface area contributed by atoms with Crippen LogP contribution >= 0.6 is 0 Å². The molecule has 1 rings (SSSR count). The van der Waals surface area contributed by atoms with Gasteiger partial charge in [0.1, 0.15) is 0 Å². The minimum Gasteiger partial charge on any atom is -0.350 e. The Bertz CT molecular complexity index is 582. The average molecular weight is 298 g/mol. The summed E-state index contributed by atoms with van der Waals surface area (Å²) in [5, 5.41) is 2.88. The number of benzene rings is 1. The summed E-state index contributed by atoms with van der Waals surface area (Å²) in [5.41, 5.74) is 1.14. The SMILES string of the molecule is CCC[C@H](C)NC(=O)c1cc(S(=O)(=O)NC)ccc1C.